The zero-order valence-electron chi connectivity index (χ0n) is 18.6. The molecule has 2 aromatic rings. The zero-order valence-corrected chi connectivity index (χ0v) is 18.6. The SMILES string of the molecule is CC1(C)CC(=O)c2c(C(F)(F)F)nn(-c3ccc(C(N)=O)c(N[C@@H]4CCCC[C@H]4N)c3)c2C1. The van der Waals surface area contributed by atoms with Crippen molar-refractivity contribution in [2.75, 3.05) is 5.32 Å². The molecule has 0 bridgehead atoms. The van der Waals surface area contributed by atoms with Gasteiger partial charge in [0.2, 0.25) is 0 Å². The highest BCUT2D eigenvalue weighted by Crippen LogP contribution is 2.42. The molecular weight excluding hydrogens is 435 g/mol. The molecule has 5 N–H and O–H groups in total. The van der Waals surface area contributed by atoms with E-state index in [-0.39, 0.29) is 41.7 Å². The number of rotatable bonds is 4. The Morgan fingerprint density at radius 1 is 1.21 bits per heavy atom. The number of halogens is 3. The standard InChI is InChI=1S/C23H28F3N5O2/c1-22(2)10-17-19(18(32)11-22)20(23(24,25)26)30-31(17)12-7-8-13(21(28)33)16(9-12)29-15-6-4-3-5-14(15)27/h7-9,14-15,29H,3-6,10-11,27H2,1-2H3,(H2,28,33)/t14-,15-/m1/s1. The van der Waals surface area contributed by atoms with Crippen molar-refractivity contribution in [3.63, 3.8) is 0 Å². The minimum absolute atomic E-state index is 0.0156. The van der Waals surface area contributed by atoms with E-state index in [9.17, 15) is 22.8 Å². The summed E-state index contributed by atoms with van der Waals surface area (Å²) in [5.41, 5.74) is 10.8. The van der Waals surface area contributed by atoms with Crippen LogP contribution in [0, 0.1) is 5.41 Å². The van der Waals surface area contributed by atoms with Crippen molar-refractivity contribution in [1.82, 2.24) is 9.78 Å². The van der Waals surface area contributed by atoms with Crippen molar-refractivity contribution in [2.24, 2.45) is 16.9 Å². The van der Waals surface area contributed by atoms with Gasteiger partial charge in [-0.15, -0.1) is 0 Å². The first-order valence-electron chi connectivity index (χ1n) is 11.1. The van der Waals surface area contributed by atoms with E-state index in [4.69, 9.17) is 11.5 Å². The number of carbonyl (C=O) groups excluding carboxylic acids is 2. The number of alkyl halides is 3. The number of Topliss-reactive ketones (excluding diaryl/α,β-unsaturated/α-hetero) is 1. The van der Waals surface area contributed by atoms with Crippen molar-refractivity contribution in [1.29, 1.82) is 0 Å². The largest absolute Gasteiger partial charge is 0.435 e. The van der Waals surface area contributed by atoms with E-state index in [1.54, 1.807) is 6.07 Å². The van der Waals surface area contributed by atoms with Gasteiger partial charge in [0.05, 0.1) is 22.5 Å². The van der Waals surface area contributed by atoms with Crippen LogP contribution < -0.4 is 16.8 Å². The second kappa shape index (κ2) is 8.16. The van der Waals surface area contributed by atoms with Gasteiger partial charge in [0.15, 0.2) is 11.5 Å². The van der Waals surface area contributed by atoms with Crippen LogP contribution in [-0.2, 0) is 12.6 Å². The molecule has 7 nitrogen and oxygen atoms in total. The molecule has 2 aliphatic rings. The smallest absolute Gasteiger partial charge is 0.380 e. The summed E-state index contributed by atoms with van der Waals surface area (Å²) in [5, 5.41) is 7.11. The maximum atomic E-state index is 13.8. The minimum atomic E-state index is -4.77. The summed E-state index contributed by atoms with van der Waals surface area (Å²) in [6.45, 7) is 3.68. The van der Waals surface area contributed by atoms with Crippen molar-refractivity contribution >= 4 is 17.4 Å². The summed E-state index contributed by atoms with van der Waals surface area (Å²) in [4.78, 5) is 24.7. The first kappa shape index (κ1) is 23.3. The van der Waals surface area contributed by atoms with Crippen LogP contribution in [-0.4, -0.2) is 33.6 Å². The number of anilines is 1. The van der Waals surface area contributed by atoms with Gasteiger partial charge >= 0.3 is 6.18 Å². The molecule has 2 atom stereocenters. The first-order chi connectivity index (χ1) is 15.4. The Labute approximate surface area is 189 Å². The van der Waals surface area contributed by atoms with E-state index in [0.29, 0.717) is 11.4 Å². The number of hydrogen-bond acceptors (Lipinski definition) is 5. The second-order valence-electron chi connectivity index (χ2n) is 9.81. The third-order valence-corrected chi connectivity index (χ3v) is 6.49. The lowest BCUT2D eigenvalue weighted by Crippen LogP contribution is -2.43. The van der Waals surface area contributed by atoms with E-state index in [1.165, 1.54) is 16.8 Å². The number of nitrogens with one attached hydrogen (secondary N) is 1. The molecule has 10 heteroatoms. The van der Waals surface area contributed by atoms with Gasteiger partial charge in [-0.1, -0.05) is 26.7 Å². The van der Waals surface area contributed by atoms with E-state index < -0.39 is 29.0 Å². The summed E-state index contributed by atoms with van der Waals surface area (Å²) < 4.78 is 42.4. The van der Waals surface area contributed by atoms with Gasteiger partial charge in [-0.25, -0.2) is 4.68 Å². The number of hydrogen-bond donors (Lipinski definition) is 3. The molecule has 1 fully saturated rings. The Morgan fingerprint density at radius 3 is 2.55 bits per heavy atom. The summed E-state index contributed by atoms with van der Waals surface area (Å²) in [5.74, 6) is -1.23. The Morgan fingerprint density at radius 2 is 1.91 bits per heavy atom. The van der Waals surface area contributed by atoms with E-state index in [0.717, 1.165) is 25.7 Å². The third kappa shape index (κ3) is 4.48. The Kier molecular flexibility index (Phi) is 5.76. The Hall–Kier alpha value is -2.88. The van der Waals surface area contributed by atoms with Gasteiger partial charge in [-0.2, -0.15) is 18.3 Å². The van der Waals surface area contributed by atoms with Gasteiger partial charge in [0, 0.05) is 24.2 Å². The fourth-order valence-corrected chi connectivity index (χ4v) is 4.90. The molecule has 0 radical (unpaired) electrons. The summed E-state index contributed by atoms with van der Waals surface area (Å²) in [7, 11) is 0. The molecule has 0 aliphatic heterocycles. The number of amides is 1. The van der Waals surface area contributed by atoms with Gasteiger partial charge in [0.25, 0.3) is 5.91 Å². The number of benzene rings is 1. The number of fused-ring (bicyclic) bond motifs is 1. The minimum Gasteiger partial charge on any atom is -0.380 e. The second-order valence-corrected chi connectivity index (χ2v) is 9.81. The third-order valence-electron chi connectivity index (χ3n) is 6.49. The molecule has 1 saturated carbocycles. The number of primary amides is 1. The number of carbonyl (C=O) groups is 2. The van der Waals surface area contributed by atoms with Gasteiger partial charge in [0.1, 0.15) is 0 Å². The lowest BCUT2D eigenvalue weighted by atomic mass is 9.75. The molecule has 0 spiro atoms. The number of nitrogens with two attached hydrogens (primary N) is 2. The van der Waals surface area contributed by atoms with Crippen LogP contribution in [0.15, 0.2) is 18.2 Å². The quantitative estimate of drug-likeness (QED) is 0.637. The summed E-state index contributed by atoms with van der Waals surface area (Å²) in [6.07, 6.45) is -0.854. The zero-order chi connectivity index (χ0) is 24.1. The van der Waals surface area contributed by atoms with Gasteiger partial charge in [-0.05, 0) is 42.9 Å². The Bertz CT molecular complexity index is 1110. The van der Waals surface area contributed by atoms with E-state index in [1.807, 2.05) is 13.8 Å². The monoisotopic (exact) mass is 463 g/mol. The molecular formula is C23H28F3N5O2. The average Bonchev–Trinajstić information content (AvgIpc) is 3.08. The van der Waals surface area contributed by atoms with E-state index >= 15 is 0 Å². The fraction of sp³-hybridized carbons (Fsp3) is 0.522. The van der Waals surface area contributed by atoms with E-state index in [2.05, 4.69) is 10.4 Å². The molecule has 0 unspecified atom stereocenters. The van der Waals surface area contributed by atoms with Crippen LogP contribution >= 0.6 is 0 Å². The Balaban J connectivity index is 1.84. The molecule has 1 amide bonds. The predicted molar refractivity (Wildman–Crippen MR) is 117 cm³/mol. The van der Waals surface area contributed by atoms with Crippen LogP contribution in [0.2, 0.25) is 0 Å². The van der Waals surface area contributed by atoms with Gasteiger partial charge in [-0.3, -0.25) is 9.59 Å². The lowest BCUT2D eigenvalue weighted by molar-refractivity contribution is -0.141. The predicted octanol–water partition coefficient (Wildman–Crippen LogP) is 3.83. The number of aromatic nitrogens is 2. The van der Waals surface area contributed by atoms with Crippen LogP contribution in [0.25, 0.3) is 5.69 Å². The topological polar surface area (TPSA) is 116 Å². The normalized spacial score (nSPS) is 22.7. The molecule has 1 aromatic heterocycles. The molecule has 1 aromatic carbocycles. The molecule has 1 heterocycles. The van der Waals surface area contributed by atoms with Crippen LogP contribution in [0.4, 0.5) is 18.9 Å². The van der Waals surface area contributed by atoms with Crippen LogP contribution in [0.3, 0.4) is 0 Å². The molecule has 4 rings (SSSR count). The number of ketones is 1. The van der Waals surface area contributed by atoms with Crippen LogP contribution in [0.5, 0.6) is 0 Å². The fourth-order valence-electron chi connectivity index (χ4n) is 4.90. The highest BCUT2D eigenvalue weighted by Gasteiger charge is 2.45. The summed E-state index contributed by atoms with van der Waals surface area (Å²) >= 11 is 0. The van der Waals surface area contributed by atoms with Crippen molar-refractivity contribution < 1.29 is 22.8 Å². The molecule has 33 heavy (non-hydrogen) atoms. The van der Waals surface area contributed by atoms with Crippen molar-refractivity contribution in [3.05, 3.63) is 40.7 Å². The van der Waals surface area contributed by atoms with Crippen molar-refractivity contribution in [2.45, 2.75) is 70.6 Å². The van der Waals surface area contributed by atoms with Crippen LogP contribution in [0.1, 0.15) is 78.1 Å². The summed E-state index contributed by atoms with van der Waals surface area (Å²) in [6, 6.07) is 4.30. The molecule has 178 valence electrons. The highest BCUT2D eigenvalue weighted by molar-refractivity contribution is 6.00. The van der Waals surface area contributed by atoms with Crippen molar-refractivity contribution in [3.8, 4) is 5.69 Å². The molecule has 0 saturated heterocycles. The average molecular weight is 464 g/mol. The lowest BCUT2D eigenvalue weighted by Gasteiger charge is -2.31. The molecule has 2 aliphatic carbocycles. The maximum absolute atomic E-state index is 13.8. The van der Waals surface area contributed by atoms with Gasteiger partial charge < -0.3 is 16.8 Å². The maximum Gasteiger partial charge on any atom is 0.435 e. The first-order valence-corrected chi connectivity index (χ1v) is 11.1. The number of nitrogens with zero attached hydrogens (tertiary/aromatic N) is 2. The highest BCUT2D eigenvalue weighted by atomic mass is 19.4.